The zero-order chi connectivity index (χ0) is 23.5. The van der Waals surface area contributed by atoms with Crippen molar-refractivity contribution in [3.63, 3.8) is 0 Å². The summed E-state index contributed by atoms with van der Waals surface area (Å²) in [5.74, 6) is 1.59. The van der Waals surface area contributed by atoms with Gasteiger partial charge in [-0.1, -0.05) is 12.1 Å². The van der Waals surface area contributed by atoms with Crippen LogP contribution in [0, 0.1) is 0 Å². The molecular formula is C26H33N5O3. The lowest BCUT2D eigenvalue weighted by atomic mass is 10.0. The molecule has 180 valence electrons. The molecular weight excluding hydrogens is 430 g/mol. The first-order valence-electron chi connectivity index (χ1n) is 12.1. The Morgan fingerprint density at radius 3 is 2.85 bits per heavy atom. The number of hydrogen-bond acceptors (Lipinski definition) is 6. The van der Waals surface area contributed by atoms with Gasteiger partial charge in [-0.2, -0.15) is 0 Å². The Hall–Kier alpha value is -3.10. The van der Waals surface area contributed by atoms with Crippen molar-refractivity contribution in [2.75, 3.05) is 57.8 Å². The van der Waals surface area contributed by atoms with Gasteiger partial charge in [-0.15, -0.1) is 0 Å². The summed E-state index contributed by atoms with van der Waals surface area (Å²) >= 11 is 0. The summed E-state index contributed by atoms with van der Waals surface area (Å²) in [5, 5.41) is 11.3. The van der Waals surface area contributed by atoms with Crippen molar-refractivity contribution in [1.29, 1.82) is 0 Å². The number of imidazole rings is 1. The fourth-order valence-corrected chi connectivity index (χ4v) is 5.12. The number of hydrogen-bond donors (Lipinski definition) is 1. The van der Waals surface area contributed by atoms with Crippen molar-refractivity contribution in [3.05, 3.63) is 60.4 Å². The fourth-order valence-electron chi connectivity index (χ4n) is 5.12. The smallest absolute Gasteiger partial charge is 0.253 e. The van der Waals surface area contributed by atoms with Crippen LogP contribution >= 0.6 is 0 Å². The highest BCUT2D eigenvalue weighted by Gasteiger charge is 2.38. The zero-order valence-electron chi connectivity index (χ0n) is 19.8. The predicted octanol–water partition coefficient (Wildman–Crippen LogP) is 2.52. The number of ether oxygens (including phenoxy) is 1. The van der Waals surface area contributed by atoms with Gasteiger partial charge >= 0.3 is 0 Å². The number of anilines is 1. The molecule has 3 aromatic rings. The standard InChI is InChI=1S/C26H33N5O3/c1-28(25(32)21-6-4-7-22(18-21)34-17-16-29-12-2-3-13-29)19-26(33)10-14-30(20-26)24-9-5-8-23-27-11-15-31(23)24/h4-9,11,15,18,33H,2-3,10,12-14,16-17,19-20H2,1H3/t26-/m0/s1. The van der Waals surface area contributed by atoms with Gasteiger partial charge in [0.05, 0.1) is 6.54 Å². The van der Waals surface area contributed by atoms with E-state index < -0.39 is 5.60 Å². The third-order valence-electron chi connectivity index (χ3n) is 6.90. The van der Waals surface area contributed by atoms with Gasteiger partial charge in [0.25, 0.3) is 5.91 Å². The van der Waals surface area contributed by atoms with Gasteiger partial charge in [0.15, 0.2) is 0 Å². The van der Waals surface area contributed by atoms with Crippen molar-refractivity contribution < 1.29 is 14.6 Å². The number of β-amino-alcohol motifs (C(OH)–C–C–N with tert-alkyl or cyclic N) is 1. The lowest BCUT2D eigenvalue weighted by Gasteiger charge is -2.29. The molecule has 1 amide bonds. The van der Waals surface area contributed by atoms with Crippen molar-refractivity contribution >= 4 is 17.4 Å². The van der Waals surface area contributed by atoms with E-state index in [4.69, 9.17) is 4.74 Å². The normalized spacial score (nSPS) is 20.8. The summed E-state index contributed by atoms with van der Waals surface area (Å²) in [6, 6.07) is 13.3. The van der Waals surface area contributed by atoms with Crippen LogP contribution in [-0.4, -0.2) is 88.7 Å². The molecule has 0 unspecified atom stereocenters. The molecule has 2 saturated heterocycles. The molecule has 0 saturated carbocycles. The van der Waals surface area contributed by atoms with Gasteiger partial charge in [-0.05, 0) is 62.7 Å². The maximum Gasteiger partial charge on any atom is 0.253 e. The molecule has 0 aliphatic carbocycles. The Morgan fingerprint density at radius 2 is 2.00 bits per heavy atom. The maximum absolute atomic E-state index is 13.1. The molecule has 8 heteroatoms. The highest BCUT2D eigenvalue weighted by molar-refractivity contribution is 5.94. The minimum absolute atomic E-state index is 0.117. The highest BCUT2D eigenvalue weighted by Crippen LogP contribution is 2.28. The van der Waals surface area contributed by atoms with E-state index >= 15 is 0 Å². The van der Waals surface area contributed by atoms with Gasteiger partial charge in [-0.3, -0.25) is 14.1 Å². The van der Waals surface area contributed by atoms with E-state index in [2.05, 4.69) is 14.8 Å². The second kappa shape index (κ2) is 9.64. The molecule has 4 heterocycles. The van der Waals surface area contributed by atoms with Crippen LogP contribution in [0.3, 0.4) is 0 Å². The van der Waals surface area contributed by atoms with Crippen LogP contribution in [0.2, 0.25) is 0 Å². The fraction of sp³-hybridized carbons (Fsp3) is 0.462. The van der Waals surface area contributed by atoms with E-state index in [0.717, 1.165) is 37.6 Å². The number of carbonyl (C=O) groups excluding carboxylic acids is 1. The Morgan fingerprint density at radius 1 is 1.18 bits per heavy atom. The van der Waals surface area contributed by atoms with Crippen LogP contribution in [0.1, 0.15) is 29.6 Å². The van der Waals surface area contributed by atoms with Crippen molar-refractivity contribution in [2.24, 2.45) is 0 Å². The van der Waals surface area contributed by atoms with Gasteiger partial charge < -0.3 is 19.6 Å². The Balaban J connectivity index is 1.19. The van der Waals surface area contributed by atoms with Gasteiger partial charge in [0.2, 0.25) is 0 Å². The Kier molecular flexibility index (Phi) is 6.43. The second-order valence-electron chi connectivity index (χ2n) is 9.52. The molecule has 1 atom stereocenters. The topological polar surface area (TPSA) is 73.5 Å². The summed E-state index contributed by atoms with van der Waals surface area (Å²) in [6.07, 6.45) is 6.82. The molecule has 2 aliphatic rings. The number of amides is 1. The summed E-state index contributed by atoms with van der Waals surface area (Å²) in [6.45, 7) is 5.26. The number of fused-ring (bicyclic) bond motifs is 1. The number of carbonyl (C=O) groups is 1. The van der Waals surface area contributed by atoms with Gasteiger partial charge in [0, 0.05) is 44.6 Å². The van der Waals surface area contributed by atoms with Crippen molar-refractivity contribution in [3.8, 4) is 5.75 Å². The molecule has 5 rings (SSSR count). The van der Waals surface area contributed by atoms with Crippen molar-refractivity contribution in [2.45, 2.75) is 24.9 Å². The summed E-state index contributed by atoms with van der Waals surface area (Å²) < 4.78 is 7.93. The van der Waals surface area contributed by atoms with E-state index in [-0.39, 0.29) is 12.5 Å². The summed E-state index contributed by atoms with van der Waals surface area (Å²) in [4.78, 5) is 23.6. The monoisotopic (exact) mass is 463 g/mol. The summed E-state index contributed by atoms with van der Waals surface area (Å²) in [7, 11) is 1.75. The lowest BCUT2D eigenvalue weighted by molar-refractivity contribution is 0.0264. The number of aromatic nitrogens is 2. The van der Waals surface area contributed by atoms with E-state index in [9.17, 15) is 9.90 Å². The maximum atomic E-state index is 13.1. The average molecular weight is 464 g/mol. The van der Waals surface area contributed by atoms with Gasteiger partial charge in [-0.25, -0.2) is 4.98 Å². The van der Waals surface area contributed by atoms with Crippen molar-refractivity contribution in [1.82, 2.24) is 19.2 Å². The van der Waals surface area contributed by atoms with E-state index in [1.165, 1.54) is 12.8 Å². The molecule has 0 bridgehead atoms. The SMILES string of the molecule is CN(C[C@@]1(O)CCN(c2cccc3nccn23)C1)C(=O)c1cccc(OCCN2CCCC2)c1. The Labute approximate surface area is 200 Å². The highest BCUT2D eigenvalue weighted by atomic mass is 16.5. The molecule has 34 heavy (non-hydrogen) atoms. The van der Waals surface area contributed by atoms with Crippen LogP contribution in [0.4, 0.5) is 5.82 Å². The minimum atomic E-state index is -0.975. The van der Waals surface area contributed by atoms with E-state index in [1.807, 2.05) is 40.9 Å². The number of benzene rings is 1. The van der Waals surface area contributed by atoms with Crippen LogP contribution < -0.4 is 9.64 Å². The number of likely N-dealkylation sites (tertiary alicyclic amines) is 1. The third-order valence-corrected chi connectivity index (χ3v) is 6.90. The number of aliphatic hydroxyl groups is 1. The lowest BCUT2D eigenvalue weighted by Crippen LogP contribution is -2.46. The number of likely N-dealkylation sites (N-methyl/N-ethyl adjacent to an activating group) is 1. The van der Waals surface area contributed by atoms with Gasteiger partial charge in [0.1, 0.15) is 29.4 Å². The molecule has 0 spiro atoms. The first kappa shape index (κ1) is 22.7. The molecule has 2 aromatic heterocycles. The minimum Gasteiger partial charge on any atom is -0.492 e. The number of nitrogens with zero attached hydrogens (tertiary/aromatic N) is 5. The predicted molar refractivity (Wildman–Crippen MR) is 132 cm³/mol. The van der Waals surface area contributed by atoms with Crippen LogP contribution in [-0.2, 0) is 0 Å². The molecule has 2 fully saturated rings. The average Bonchev–Trinajstić information content (AvgIpc) is 3.60. The molecule has 1 aromatic carbocycles. The third kappa shape index (κ3) is 4.88. The quantitative estimate of drug-likeness (QED) is 0.554. The van der Waals surface area contributed by atoms with Crippen LogP contribution in [0.25, 0.3) is 5.65 Å². The molecule has 1 N–H and O–H groups in total. The Bertz CT molecular complexity index is 1140. The molecule has 2 aliphatic heterocycles. The number of pyridine rings is 1. The largest absolute Gasteiger partial charge is 0.492 e. The molecule has 8 nitrogen and oxygen atoms in total. The molecule has 0 radical (unpaired) electrons. The van der Waals surface area contributed by atoms with Crippen LogP contribution in [0.15, 0.2) is 54.9 Å². The number of rotatable bonds is 8. The second-order valence-corrected chi connectivity index (χ2v) is 9.52. The first-order valence-corrected chi connectivity index (χ1v) is 12.1. The van der Waals surface area contributed by atoms with Crippen LogP contribution in [0.5, 0.6) is 5.75 Å². The summed E-state index contributed by atoms with van der Waals surface area (Å²) in [5.41, 5.74) is 0.474. The van der Waals surface area contributed by atoms with E-state index in [1.54, 1.807) is 30.3 Å². The van der Waals surface area contributed by atoms with E-state index in [0.29, 0.717) is 30.9 Å². The zero-order valence-corrected chi connectivity index (χ0v) is 19.8. The first-order chi connectivity index (χ1) is 16.5.